The Kier molecular flexibility index (Phi) is 5.13. The normalized spacial score (nSPS) is 10.2. The molecule has 0 aliphatic rings. The molecule has 0 saturated carbocycles. The third kappa shape index (κ3) is 4.60. The molecule has 1 aromatic heterocycles. The van der Waals surface area contributed by atoms with Crippen LogP contribution < -0.4 is 0 Å². The summed E-state index contributed by atoms with van der Waals surface area (Å²) in [5.74, 6) is 0. The highest BCUT2D eigenvalue weighted by atomic mass is 16.5. The summed E-state index contributed by atoms with van der Waals surface area (Å²) in [6, 6.07) is 5.81. The number of hydrogen-bond acceptors (Lipinski definition) is 3. The van der Waals surface area contributed by atoms with Gasteiger partial charge in [-0.1, -0.05) is 6.07 Å². The topological polar surface area (TPSA) is 31.4 Å². The summed E-state index contributed by atoms with van der Waals surface area (Å²) in [5, 5.41) is 0. The molecule has 1 rings (SSSR count). The highest BCUT2D eigenvalue weighted by Gasteiger charge is 1.92. The van der Waals surface area contributed by atoms with E-state index in [1.54, 1.807) is 13.3 Å². The van der Waals surface area contributed by atoms with Gasteiger partial charge in [-0.2, -0.15) is 0 Å². The van der Waals surface area contributed by atoms with Crippen molar-refractivity contribution in [2.75, 3.05) is 20.3 Å². The van der Waals surface area contributed by atoms with Gasteiger partial charge in [-0.05, 0) is 18.6 Å². The molecule has 13 heavy (non-hydrogen) atoms. The standard InChI is InChI=1S/C10H15NO2/c1-12-7-4-8-13-9-10-5-2-3-6-11-10/h2-3,5-6H,4,7-9H2,1H3. The molecule has 0 fully saturated rings. The fourth-order valence-corrected chi connectivity index (χ4v) is 0.966. The van der Waals surface area contributed by atoms with E-state index in [0.717, 1.165) is 25.3 Å². The van der Waals surface area contributed by atoms with Gasteiger partial charge in [0.25, 0.3) is 0 Å². The third-order valence-electron chi connectivity index (χ3n) is 1.61. The average Bonchev–Trinajstić information content (AvgIpc) is 2.19. The largest absolute Gasteiger partial charge is 0.385 e. The number of aromatic nitrogens is 1. The maximum atomic E-state index is 5.38. The molecule has 0 aliphatic heterocycles. The van der Waals surface area contributed by atoms with Crippen LogP contribution in [0, 0.1) is 0 Å². The number of methoxy groups -OCH3 is 1. The number of ether oxygens (including phenoxy) is 2. The molecule has 1 heterocycles. The summed E-state index contributed by atoms with van der Waals surface area (Å²) < 4.78 is 10.3. The van der Waals surface area contributed by atoms with Crippen LogP contribution >= 0.6 is 0 Å². The van der Waals surface area contributed by atoms with Crippen LogP contribution in [-0.4, -0.2) is 25.3 Å². The van der Waals surface area contributed by atoms with Crippen LogP contribution in [0.4, 0.5) is 0 Å². The van der Waals surface area contributed by atoms with Gasteiger partial charge in [0.2, 0.25) is 0 Å². The Hall–Kier alpha value is -0.930. The van der Waals surface area contributed by atoms with E-state index in [2.05, 4.69) is 4.98 Å². The predicted molar refractivity (Wildman–Crippen MR) is 50.4 cm³/mol. The van der Waals surface area contributed by atoms with Crippen LogP contribution in [0.25, 0.3) is 0 Å². The molecule has 0 atom stereocenters. The van der Waals surface area contributed by atoms with E-state index in [9.17, 15) is 0 Å². The summed E-state index contributed by atoms with van der Waals surface area (Å²) >= 11 is 0. The lowest BCUT2D eigenvalue weighted by Gasteiger charge is -2.02. The molecule has 0 spiro atoms. The second-order valence-corrected chi connectivity index (χ2v) is 2.72. The molecule has 3 heteroatoms. The smallest absolute Gasteiger partial charge is 0.0887 e. The van der Waals surface area contributed by atoms with Crippen LogP contribution in [0.15, 0.2) is 24.4 Å². The highest BCUT2D eigenvalue weighted by Crippen LogP contribution is 1.96. The quantitative estimate of drug-likeness (QED) is 0.625. The SMILES string of the molecule is COCCCOCc1ccccn1. The van der Waals surface area contributed by atoms with Crippen molar-refractivity contribution in [1.29, 1.82) is 0 Å². The Bertz CT molecular complexity index is 213. The molecule has 72 valence electrons. The zero-order valence-corrected chi connectivity index (χ0v) is 7.90. The summed E-state index contributed by atoms with van der Waals surface area (Å²) in [7, 11) is 1.69. The lowest BCUT2D eigenvalue weighted by Crippen LogP contribution is -2.00. The summed E-state index contributed by atoms with van der Waals surface area (Å²) in [4.78, 5) is 4.14. The molecule has 3 nitrogen and oxygen atoms in total. The van der Waals surface area contributed by atoms with Gasteiger partial charge in [-0.3, -0.25) is 4.98 Å². The predicted octanol–water partition coefficient (Wildman–Crippen LogP) is 1.63. The monoisotopic (exact) mass is 181 g/mol. The first-order chi connectivity index (χ1) is 6.43. The van der Waals surface area contributed by atoms with Crippen molar-refractivity contribution in [2.45, 2.75) is 13.0 Å². The Balaban J connectivity index is 2.07. The van der Waals surface area contributed by atoms with Gasteiger partial charge in [0, 0.05) is 26.5 Å². The molecule has 0 saturated heterocycles. The van der Waals surface area contributed by atoms with E-state index in [-0.39, 0.29) is 0 Å². The van der Waals surface area contributed by atoms with Crippen LogP contribution in [0.2, 0.25) is 0 Å². The molecular formula is C10H15NO2. The lowest BCUT2D eigenvalue weighted by atomic mass is 10.4. The van der Waals surface area contributed by atoms with Crippen LogP contribution in [0.5, 0.6) is 0 Å². The molecule has 0 aromatic carbocycles. The van der Waals surface area contributed by atoms with Crippen LogP contribution in [-0.2, 0) is 16.1 Å². The third-order valence-corrected chi connectivity index (χ3v) is 1.61. The second kappa shape index (κ2) is 6.57. The first-order valence-electron chi connectivity index (χ1n) is 4.40. The summed E-state index contributed by atoms with van der Waals surface area (Å²) in [6.07, 6.45) is 2.71. The molecule has 0 amide bonds. The Labute approximate surface area is 78.7 Å². The fourth-order valence-electron chi connectivity index (χ4n) is 0.966. The van der Waals surface area contributed by atoms with Gasteiger partial charge < -0.3 is 9.47 Å². The minimum absolute atomic E-state index is 0.588. The van der Waals surface area contributed by atoms with Crippen molar-refractivity contribution in [3.63, 3.8) is 0 Å². The van der Waals surface area contributed by atoms with E-state index in [4.69, 9.17) is 9.47 Å². The van der Waals surface area contributed by atoms with E-state index in [1.165, 1.54) is 0 Å². The molecule has 0 bridgehead atoms. The van der Waals surface area contributed by atoms with E-state index in [1.807, 2.05) is 18.2 Å². The minimum Gasteiger partial charge on any atom is -0.385 e. The van der Waals surface area contributed by atoms with Gasteiger partial charge in [0.15, 0.2) is 0 Å². The maximum absolute atomic E-state index is 5.38. The van der Waals surface area contributed by atoms with Crippen molar-refractivity contribution < 1.29 is 9.47 Å². The van der Waals surface area contributed by atoms with Crippen molar-refractivity contribution in [1.82, 2.24) is 4.98 Å². The number of rotatable bonds is 6. The van der Waals surface area contributed by atoms with Crippen molar-refractivity contribution >= 4 is 0 Å². The average molecular weight is 181 g/mol. The van der Waals surface area contributed by atoms with E-state index >= 15 is 0 Å². The first-order valence-corrected chi connectivity index (χ1v) is 4.40. The lowest BCUT2D eigenvalue weighted by molar-refractivity contribution is 0.0910. The minimum atomic E-state index is 0.588. The van der Waals surface area contributed by atoms with Gasteiger partial charge in [0.05, 0.1) is 12.3 Å². The Morgan fingerprint density at radius 2 is 2.23 bits per heavy atom. The Morgan fingerprint density at radius 1 is 1.31 bits per heavy atom. The zero-order valence-electron chi connectivity index (χ0n) is 7.90. The van der Waals surface area contributed by atoms with Crippen molar-refractivity contribution in [3.05, 3.63) is 30.1 Å². The molecule has 1 aromatic rings. The van der Waals surface area contributed by atoms with Gasteiger partial charge in [-0.25, -0.2) is 0 Å². The highest BCUT2D eigenvalue weighted by molar-refractivity contribution is 5.01. The number of hydrogen-bond donors (Lipinski definition) is 0. The van der Waals surface area contributed by atoms with E-state index < -0.39 is 0 Å². The number of pyridine rings is 1. The van der Waals surface area contributed by atoms with Gasteiger partial charge in [0.1, 0.15) is 0 Å². The van der Waals surface area contributed by atoms with Gasteiger partial charge >= 0.3 is 0 Å². The van der Waals surface area contributed by atoms with Crippen LogP contribution in [0.3, 0.4) is 0 Å². The van der Waals surface area contributed by atoms with Crippen molar-refractivity contribution in [2.24, 2.45) is 0 Å². The molecule has 0 radical (unpaired) electrons. The van der Waals surface area contributed by atoms with Crippen molar-refractivity contribution in [3.8, 4) is 0 Å². The number of nitrogens with zero attached hydrogens (tertiary/aromatic N) is 1. The first kappa shape index (κ1) is 10.2. The summed E-state index contributed by atoms with van der Waals surface area (Å²) in [6.45, 7) is 2.07. The van der Waals surface area contributed by atoms with Gasteiger partial charge in [-0.15, -0.1) is 0 Å². The molecule has 0 unspecified atom stereocenters. The molecular weight excluding hydrogens is 166 g/mol. The second-order valence-electron chi connectivity index (χ2n) is 2.72. The fraction of sp³-hybridized carbons (Fsp3) is 0.500. The maximum Gasteiger partial charge on any atom is 0.0887 e. The molecule has 0 aliphatic carbocycles. The summed E-state index contributed by atoms with van der Waals surface area (Å²) in [5.41, 5.74) is 0.972. The Morgan fingerprint density at radius 3 is 2.92 bits per heavy atom. The zero-order chi connectivity index (χ0) is 9.36. The molecule has 0 N–H and O–H groups in total. The van der Waals surface area contributed by atoms with Crippen LogP contribution in [0.1, 0.15) is 12.1 Å². The van der Waals surface area contributed by atoms with E-state index in [0.29, 0.717) is 6.61 Å².